The normalized spacial score (nSPS) is 26.2. The molecule has 0 bridgehead atoms. The first-order valence-corrected chi connectivity index (χ1v) is 5.55. The molecule has 1 aliphatic heterocycles. The van der Waals surface area contributed by atoms with E-state index in [1.54, 1.807) is 0 Å². The lowest BCUT2D eigenvalue weighted by atomic mass is 10.2. The molecule has 1 rings (SSSR count). The highest BCUT2D eigenvalue weighted by atomic mass is 32.2. The first-order chi connectivity index (χ1) is 6.21. The summed E-state index contributed by atoms with van der Waals surface area (Å²) < 4.78 is 50.5. The van der Waals surface area contributed by atoms with Crippen molar-refractivity contribution in [3.8, 4) is 0 Å². The highest BCUT2D eigenvalue weighted by Gasteiger charge is 2.48. The van der Waals surface area contributed by atoms with Gasteiger partial charge in [-0.2, -0.15) is 17.2 Å². The predicted molar refractivity (Wildman–Crippen MR) is 42.3 cm³/mol. The molecule has 1 atom stereocenters. The topological polar surface area (TPSA) is 72.5 Å². The SMILES string of the molecule is CS(=O)(=O)OC[C@@H]1CC(F)(F)C(=O)N1. The minimum atomic E-state index is -3.66. The van der Waals surface area contributed by atoms with Crippen molar-refractivity contribution >= 4 is 16.0 Å². The molecule has 1 N–H and O–H groups in total. The zero-order valence-corrected chi connectivity index (χ0v) is 8.11. The van der Waals surface area contributed by atoms with Crippen molar-refractivity contribution in [2.24, 2.45) is 0 Å². The van der Waals surface area contributed by atoms with Crippen LogP contribution in [-0.4, -0.2) is 39.2 Å². The summed E-state index contributed by atoms with van der Waals surface area (Å²) in [5.74, 6) is -4.81. The average Bonchev–Trinajstić information content (AvgIpc) is 2.21. The third-order valence-electron chi connectivity index (χ3n) is 1.65. The molecule has 0 unspecified atom stereocenters. The largest absolute Gasteiger partial charge is 0.346 e. The van der Waals surface area contributed by atoms with E-state index in [9.17, 15) is 22.0 Å². The van der Waals surface area contributed by atoms with Gasteiger partial charge in [-0.1, -0.05) is 0 Å². The summed E-state index contributed by atoms with van der Waals surface area (Å²) in [5, 5.41) is 1.94. The van der Waals surface area contributed by atoms with Crippen LogP contribution in [0.2, 0.25) is 0 Å². The van der Waals surface area contributed by atoms with Gasteiger partial charge < -0.3 is 5.32 Å². The fourth-order valence-corrected chi connectivity index (χ4v) is 1.46. The average molecular weight is 229 g/mol. The standard InChI is InChI=1S/C6H9F2NO4S/c1-14(11,12)13-3-4-2-6(7,8)5(10)9-4/h4H,2-3H2,1H3,(H,9,10)/t4-/m0/s1. The van der Waals surface area contributed by atoms with Gasteiger partial charge in [-0.05, 0) is 0 Å². The number of amides is 1. The minimum Gasteiger partial charge on any atom is -0.346 e. The molecule has 5 nitrogen and oxygen atoms in total. The lowest BCUT2D eigenvalue weighted by molar-refractivity contribution is -0.139. The maximum absolute atomic E-state index is 12.6. The van der Waals surface area contributed by atoms with E-state index in [1.165, 1.54) is 0 Å². The number of rotatable bonds is 3. The Bertz CT molecular complexity index is 340. The van der Waals surface area contributed by atoms with Gasteiger partial charge in [-0.3, -0.25) is 8.98 Å². The second-order valence-electron chi connectivity index (χ2n) is 3.07. The highest BCUT2D eigenvalue weighted by molar-refractivity contribution is 7.85. The van der Waals surface area contributed by atoms with E-state index in [0.29, 0.717) is 0 Å². The molecule has 0 aliphatic carbocycles. The Morgan fingerprint density at radius 2 is 2.21 bits per heavy atom. The van der Waals surface area contributed by atoms with E-state index in [2.05, 4.69) is 4.18 Å². The molecule has 0 aromatic heterocycles. The second kappa shape index (κ2) is 3.43. The number of nitrogens with one attached hydrogen (secondary N) is 1. The minimum absolute atomic E-state index is 0.458. The molecular formula is C6H9F2NO4S. The molecule has 14 heavy (non-hydrogen) atoms. The number of hydrogen-bond donors (Lipinski definition) is 1. The van der Waals surface area contributed by atoms with E-state index < -0.39 is 41.0 Å². The Labute approximate surface area is 79.5 Å². The lowest BCUT2D eigenvalue weighted by Crippen LogP contribution is -2.32. The van der Waals surface area contributed by atoms with Crippen molar-refractivity contribution in [2.45, 2.75) is 18.4 Å². The van der Waals surface area contributed by atoms with Crippen LogP contribution >= 0.6 is 0 Å². The molecule has 8 heteroatoms. The van der Waals surface area contributed by atoms with E-state index in [0.717, 1.165) is 6.26 Å². The third-order valence-corrected chi connectivity index (χ3v) is 2.22. The molecule has 0 spiro atoms. The van der Waals surface area contributed by atoms with Crippen LogP contribution in [0.15, 0.2) is 0 Å². The van der Waals surface area contributed by atoms with Gasteiger partial charge >= 0.3 is 5.92 Å². The van der Waals surface area contributed by atoms with Gasteiger partial charge in [-0.25, -0.2) is 0 Å². The van der Waals surface area contributed by atoms with Crippen molar-refractivity contribution in [1.29, 1.82) is 0 Å². The Balaban J connectivity index is 2.48. The van der Waals surface area contributed by atoms with Crippen LogP contribution in [0.1, 0.15) is 6.42 Å². The third kappa shape index (κ3) is 2.88. The predicted octanol–water partition coefficient (Wildman–Crippen LogP) is -0.514. The number of alkyl halides is 2. The van der Waals surface area contributed by atoms with E-state index >= 15 is 0 Å². The molecule has 0 radical (unpaired) electrons. The smallest absolute Gasteiger partial charge is 0.326 e. The summed E-state index contributed by atoms with van der Waals surface area (Å²) in [6.45, 7) is -0.458. The van der Waals surface area contributed by atoms with Crippen molar-refractivity contribution in [1.82, 2.24) is 5.32 Å². The molecular weight excluding hydrogens is 220 g/mol. The van der Waals surface area contributed by atoms with Crippen molar-refractivity contribution < 1.29 is 26.2 Å². The fraction of sp³-hybridized carbons (Fsp3) is 0.833. The van der Waals surface area contributed by atoms with Gasteiger partial charge in [0.05, 0.1) is 18.9 Å². The first-order valence-electron chi connectivity index (χ1n) is 3.74. The van der Waals surface area contributed by atoms with Crippen molar-refractivity contribution in [3.63, 3.8) is 0 Å². The summed E-state index contributed by atoms with van der Waals surface area (Å²) in [6, 6.07) is -0.952. The monoisotopic (exact) mass is 229 g/mol. The molecule has 0 saturated carbocycles. The van der Waals surface area contributed by atoms with Crippen molar-refractivity contribution in [3.05, 3.63) is 0 Å². The molecule has 1 saturated heterocycles. The molecule has 1 fully saturated rings. The van der Waals surface area contributed by atoms with Crippen LogP contribution in [0.4, 0.5) is 8.78 Å². The van der Waals surface area contributed by atoms with E-state index in [1.807, 2.05) is 5.32 Å². The quantitative estimate of drug-likeness (QED) is 0.661. The van der Waals surface area contributed by atoms with Crippen LogP contribution < -0.4 is 5.32 Å². The Kier molecular flexibility index (Phi) is 2.77. The summed E-state index contributed by atoms with van der Waals surface area (Å²) >= 11 is 0. The summed E-state index contributed by atoms with van der Waals surface area (Å²) in [4.78, 5) is 10.6. The number of halogens is 2. The Morgan fingerprint density at radius 3 is 2.57 bits per heavy atom. The van der Waals surface area contributed by atoms with Gasteiger partial charge in [0.1, 0.15) is 0 Å². The van der Waals surface area contributed by atoms with E-state index in [-0.39, 0.29) is 0 Å². The zero-order valence-electron chi connectivity index (χ0n) is 7.29. The van der Waals surface area contributed by atoms with Gasteiger partial charge in [0.25, 0.3) is 16.0 Å². The summed E-state index contributed by atoms with van der Waals surface area (Å²) in [6.07, 6.45) is 0.0727. The molecule has 1 amide bonds. The number of hydrogen-bond acceptors (Lipinski definition) is 4. The molecule has 0 aromatic carbocycles. The molecule has 0 aromatic rings. The van der Waals surface area contributed by atoms with Gasteiger partial charge in [0.15, 0.2) is 0 Å². The van der Waals surface area contributed by atoms with Crippen LogP contribution in [0, 0.1) is 0 Å². The summed E-state index contributed by atoms with van der Waals surface area (Å²) in [5.41, 5.74) is 0. The van der Waals surface area contributed by atoms with Crippen LogP contribution in [0.3, 0.4) is 0 Å². The first kappa shape index (κ1) is 11.3. The van der Waals surface area contributed by atoms with Crippen molar-refractivity contribution in [2.75, 3.05) is 12.9 Å². The maximum Gasteiger partial charge on any atom is 0.326 e. The Hall–Kier alpha value is -0.760. The molecule has 82 valence electrons. The maximum atomic E-state index is 12.6. The second-order valence-corrected chi connectivity index (χ2v) is 4.71. The van der Waals surface area contributed by atoms with E-state index in [4.69, 9.17) is 0 Å². The van der Waals surface area contributed by atoms with Crippen LogP contribution in [0.5, 0.6) is 0 Å². The summed E-state index contributed by atoms with van der Waals surface area (Å²) in [7, 11) is -3.66. The fourth-order valence-electron chi connectivity index (χ4n) is 1.05. The zero-order chi connectivity index (χ0) is 11.0. The lowest BCUT2D eigenvalue weighted by Gasteiger charge is -2.07. The van der Waals surface area contributed by atoms with Gasteiger partial charge in [0.2, 0.25) is 0 Å². The Morgan fingerprint density at radius 1 is 1.64 bits per heavy atom. The van der Waals surface area contributed by atoms with Gasteiger partial charge in [0, 0.05) is 6.42 Å². The highest BCUT2D eigenvalue weighted by Crippen LogP contribution is 2.26. The molecule has 1 aliphatic rings. The number of carbonyl (C=O) groups is 1. The van der Waals surface area contributed by atoms with Crippen LogP contribution in [-0.2, 0) is 19.1 Å². The van der Waals surface area contributed by atoms with Crippen LogP contribution in [0.25, 0.3) is 0 Å². The number of carbonyl (C=O) groups excluding carboxylic acids is 1. The van der Waals surface area contributed by atoms with Gasteiger partial charge in [-0.15, -0.1) is 0 Å². The molecule has 1 heterocycles.